The molecule has 0 bridgehead atoms. The highest BCUT2D eigenvalue weighted by atomic mass is 32.2. The molecule has 7 nitrogen and oxygen atoms in total. The van der Waals surface area contributed by atoms with Crippen molar-refractivity contribution in [3.8, 4) is 11.3 Å². The highest BCUT2D eigenvalue weighted by Crippen LogP contribution is 2.26. The Morgan fingerprint density at radius 2 is 1.69 bits per heavy atom. The Bertz CT molecular complexity index is 1100. The molecule has 8 heteroatoms. The van der Waals surface area contributed by atoms with Crippen LogP contribution in [0, 0.1) is 6.92 Å². The highest BCUT2D eigenvalue weighted by Gasteiger charge is 2.24. The molecule has 1 N–H and O–H groups in total. The van der Waals surface area contributed by atoms with Crippen molar-refractivity contribution < 1.29 is 17.7 Å². The topological polar surface area (TPSA) is 92.5 Å². The summed E-state index contributed by atoms with van der Waals surface area (Å²) in [7, 11) is -2.04. The Balaban J connectivity index is 1.84. The molecule has 152 valence electrons. The molecule has 0 atom stereocenters. The van der Waals surface area contributed by atoms with Crippen molar-refractivity contribution in [1.82, 2.24) is 9.46 Å². The maximum absolute atomic E-state index is 12.8. The van der Waals surface area contributed by atoms with Gasteiger partial charge in [-0.3, -0.25) is 4.79 Å². The third kappa shape index (κ3) is 4.23. The van der Waals surface area contributed by atoms with E-state index in [9.17, 15) is 13.2 Å². The summed E-state index contributed by atoms with van der Waals surface area (Å²) in [5.41, 5.74) is 2.04. The SMILES string of the molecule is Cc1onc(-c2ccccc2)c1C(=O)Nc1ccc(S(=O)(=O)N(C)C(C)C)cc1. The number of carbonyl (C=O) groups excluding carboxylic acids is 1. The summed E-state index contributed by atoms with van der Waals surface area (Å²) in [6.45, 7) is 5.28. The van der Waals surface area contributed by atoms with Gasteiger partial charge in [-0.05, 0) is 45.0 Å². The molecule has 0 unspecified atom stereocenters. The van der Waals surface area contributed by atoms with E-state index in [0.717, 1.165) is 5.56 Å². The molecule has 0 fully saturated rings. The third-order valence-electron chi connectivity index (χ3n) is 4.65. The van der Waals surface area contributed by atoms with Crippen molar-refractivity contribution in [2.24, 2.45) is 0 Å². The molecule has 3 aromatic rings. The lowest BCUT2D eigenvalue weighted by atomic mass is 10.1. The second kappa shape index (κ2) is 8.18. The summed E-state index contributed by atoms with van der Waals surface area (Å²) < 4.78 is 31.6. The quantitative estimate of drug-likeness (QED) is 0.661. The Labute approximate surface area is 170 Å². The Morgan fingerprint density at radius 3 is 2.28 bits per heavy atom. The number of rotatable bonds is 6. The van der Waals surface area contributed by atoms with Gasteiger partial charge in [0, 0.05) is 24.3 Å². The van der Waals surface area contributed by atoms with Crippen LogP contribution in [-0.4, -0.2) is 36.9 Å². The number of benzene rings is 2. The van der Waals surface area contributed by atoms with E-state index in [-0.39, 0.29) is 16.8 Å². The van der Waals surface area contributed by atoms with Gasteiger partial charge in [0.05, 0.1) is 4.90 Å². The average Bonchev–Trinajstić information content (AvgIpc) is 3.10. The van der Waals surface area contributed by atoms with Crippen molar-refractivity contribution >= 4 is 21.6 Å². The lowest BCUT2D eigenvalue weighted by molar-refractivity contribution is 0.102. The van der Waals surface area contributed by atoms with Gasteiger partial charge in [0.1, 0.15) is 17.0 Å². The molecule has 29 heavy (non-hydrogen) atoms. The number of amides is 1. The van der Waals surface area contributed by atoms with Crippen molar-refractivity contribution in [3.05, 3.63) is 65.9 Å². The molecule has 1 aromatic heterocycles. The molecule has 0 aliphatic carbocycles. The highest BCUT2D eigenvalue weighted by molar-refractivity contribution is 7.89. The zero-order valence-electron chi connectivity index (χ0n) is 16.7. The molecule has 0 saturated heterocycles. The number of anilines is 1. The molecular weight excluding hydrogens is 390 g/mol. The van der Waals surface area contributed by atoms with Gasteiger partial charge in [0.25, 0.3) is 5.91 Å². The standard InChI is InChI=1S/C21H23N3O4S/c1-14(2)24(4)29(26,27)18-12-10-17(11-13-18)22-21(25)19-15(3)28-23-20(19)16-8-6-5-7-9-16/h5-14H,1-4H3,(H,22,25). The van der Waals surface area contributed by atoms with Crippen LogP contribution in [0.15, 0.2) is 64.0 Å². The van der Waals surface area contributed by atoms with E-state index < -0.39 is 10.0 Å². The van der Waals surface area contributed by atoms with Gasteiger partial charge in [-0.15, -0.1) is 0 Å². The van der Waals surface area contributed by atoms with Crippen LogP contribution in [0.2, 0.25) is 0 Å². The number of hydrogen-bond donors (Lipinski definition) is 1. The minimum atomic E-state index is -3.58. The third-order valence-corrected chi connectivity index (χ3v) is 6.70. The predicted octanol–water partition coefficient (Wildman–Crippen LogP) is 3.93. The molecule has 0 aliphatic heterocycles. The Hall–Kier alpha value is -2.97. The van der Waals surface area contributed by atoms with Crippen LogP contribution in [0.25, 0.3) is 11.3 Å². The normalized spacial score (nSPS) is 11.8. The van der Waals surface area contributed by atoms with Gasteiger partial charge < -0.3 is 9.84 Å². The number of nitrogens with one attached hydrogen (secondary N) is 1. The average molecular weight is 413 g/mol. The van der Waals surface area contributed by atoms with E-state index in [0.29, 0.717) is 22.7 Å². The van der Waals surface area contributed by atoms with Gasteiger partial charge in [0.2, 0.25) is 10.0 Å². The van der Waals surface area contributed by atoms with Crippen LogP contribution in [0.3, 0.4) is 0 Å². The number of aryl methyl sites for hydroxylation is 1. The smallest absolute Gasteiger partial charge is 0.261 e. The van der Waals surface area contributed by atoms with Crippen molar-refractivity contribution in [2.75, 3.05) is 12.4 Å². The number of carbonyl (C=O) groups is 1. The van der Waals surface area contributed by atoms with E-state index in [4.69, 9.17) is 4.52 Å². The predicted molar refractivity (Wildman–Crippen MR) is 111 cm³/mol. The number of aromatic nitrogens is 1. The molecule has 3 rings (SSSR count). The van der Waals surface area contributed by atoms with Gasteiger partial charge >= 0.3 is 0 Å². The lowest BCUT2D eigenvalue weighted by Crippen LogP contribution is -2.33. The minimum absolute atomic E-state index is 0.160. The first-order valence-corrected chi connectivity index (χ1v) is 10.6. The first-order chi connectivity index (χ1) is 13.7. The van der Waals surface area contributed by atoms with E-state index in [2.05, 4.69) is 10.5 Å². The molecule has 0 saturated carbocycles. The molecule has 0 radical (unpaired) electrons. The van der Waals surface area contributed by atoms with Crippen molar-refractivity contribution in [2.45, 2.75) is 31.7 Å². The van der Waals surface area contributed by atoms with Crippen LogP contribution < -0.4 is 5.32 Å². The second-order valence-electron chi connectivity index (χ2n) is 6.92. The van der Waals surface area contributed by atoms with Gasteiger partial charge in [-0.1, -0.05) is 35.5 Å². The first kappa shape index (κ1) is 20.8. The van der Waals surface area contributed by atoms with Crippen LogP contribution in [0.5, 0.6) is 0 Å². The lowest BCUT2D eigenvalue weighted by Gasteiger charge is -2.21. The number of sulfonamides is 1. The fraction of sp³-hybridized carbons (Fsp3) is 0.238. The van der Waals surface area contributed by atoms with Crippen molar-refractivity contribution in [1.29, 1.82) is 0 Å². The summed E-state index contributed by atoms with van der Waals surface area (Å²) in [4.78, 5) is 13.0. The summed E-state index contributed by atoms with van der Waals surface area (Å²) in [6, 6.07) is 15.2. The summed E-state index contributed by atoms with van der Waals surface area (Å²) in [6.07, 6.45) is 0. The summed E-state index contributed by atoms with van der Waals surface area (Å²) in [5.74, 6) is 0.0246. The Kier molecular flexibility index (Phi) is 5.86. The summed E-state index contributed by atoms with van der Waals surface area (Å²) in [5, 5.41) is 6.79. The molecular formula is C21H23N3O4S. The van der Waals surface area contributed by atoms with Crippen molar-refractivity contribution in [3.63, 3.8) is 0 Å². The summed E-state index contributed by atoms with van der Waals surface area (Å²) >= 11 is 0. The largest absolute Gasteiger partial charge is 0.360 e. The zero-order chi connectivity index (χ0) is 21.2. The van der Waals surface area contributed by atoms with Gasteiger partial charge in [0.15, 0.2) is 0 Å². The minimum Gasteiger partial charge on any atom is -0.360 e. The first-order valence-electron chi connectivity index (χ1n) is 9.13. The molecule has 1 heterocycles. The van der Waals surface area contributed by atoms with Crippen LogP contribution >= 0.6 is 0 Å². The molecule has 1 amide bonds. The van der Waals surface area contributed by atoms with Gasteiger partial charge in [-0.2, -0.15) is 4.31 Å². The van der Waals surface area contributed by atoms with E-state index in [1.165, 1.54) is 23.5 Å². The second-order valence-corrected chi connectivity index (χ2v) is 8.92. The van der Waals surface area contributed by atoms with E-state index in [1.54, 1.807) is 32.9 Å². The number of hydrogen-bond acceptors (Lipinski definition) is 5. The van der Waals surface area contributed by atoms with E-state index in [1.807, 2.05) is 30.3 Å². The monoisotopic (exact) mass is 413 g/mol. The maximum Gasteiger partial charge on any atom is 0.261 e. The van der Waals surface area contributed by atoms with Crippen LogP contribution in [0.4, 0.5) is 5.69 Å². The number of nitrogens with zero attached hydrogens (tertiary/aromatic N) is 2. The van der Waals surface area contributed by atoms with Crippen LogP contribution in [-0.2, 0) is 10.0 Å². The molecule has 0 aliphatic rings. The zero-order valence-corrected chi connectivity index (χ0v) is 17.5. The van der Waals surface area contributed by atoms with E-state index >= 15 is 0 Å². The Morgan fingerprint density at radius 1 is 1.07 bits per heavy atom. The molecule has 2 aromatic carbocycles. The fourth-order valence-electron chi connectivity index (χ4n) is 2.78. The van der Waals surface area contributed by atoms with Gasteiger partial charge in [-0.25, -0.2) is 8.42 Å². The maximum atomic E-state index is 12.8. The van der Waals surface area contributed by atoms with Crippen LogP contribution in [0.1, 0.15) is 30.0 Å². The molecule has 0 spiro atoms. The fourth-order valence-corrected chi connectivity index (χ4v) is 4.15.